The van der Waals surface area contributed by atoms with Crippen LogP contribution in [0.3, 0.4) is 0 Å². The molecule has 0 radical (unpaired) electrons. The van der Waals surface area contributed by atoms with Crippen LogP contribution in [0.2, 0.25) is 0 Å². The first-order valence-electron chi connectivity index (χ1n) is 7.32. The first-order chi connectivity index (χ1) is 10.5. The highest BCUT2D eigenvalue weighted by Crippen LogP contribution is 2.22. The minimum absolute atomic E-state index is 0.00792. The lowest BCUT2D eigenvalue weighted by Crippen LogP contribution is -2.41. The zero-order valence-corrected chi connectivity index (χ0v) is 13.5. The maximum absolute atomic E-state index is 11.9. The highest BCUT2D eigenvalue weighted by molar-refractivity contribution is 5.76. The molecule has 1 atom stereocenters. The SMILES string of the molecule is CCOC(=O)C[C@@H](NC(=O)NC(C)C)c1cccc(OC)c1. The van der Waals surface area contributed by atoms with Crippen LogP contribution < -0.4 is 15.4 Å². The van der Waals surface area contributed by atoms with E-state index in [0.717, 1.165) is 5.56 Å². The van der Waals surface area contributed by atoms with Crippen molar-refractivity contribution in [2.75, 3.05) is 13.7 Å². The van der Waals surface area contributed by atoms with Crippen LogP contribution in [0.5, 0.6) is 5.75 Å². The molecule has 0 unspecified atom stereocenters. The van der Waals surface area contributed by atoms with Gasteiger partial charge in [-0.15, -0.1) is 0 Å². The van der Waals surface area contributed by atoms with Gasteiger partial charge in [-0.1, -0.05) is 12.1 Å². The maximum atomic E-state index is 11.9. The normalized spacial score (nSPS) is 11.7. The molecule has 0 spiro atoms. The zero-order chi connectivity index (χ0) is 16.5. The van der Waals surface area contributed by atoms with Gasteiger partial charge in [-0.3, -0.25) is 4.79 Å². The lowest BCUT2D eigenvalue weighted by molar-refractivity contribution is -0.143. The summed E-state index contributed by atoms with van der Waals surface area (Å²) in [6.45, 7) is 5.79. The second kappa shape index (κ2) is 8.92. The number of benzene rings is 1. The first-order valence-corrected chi connectivity index (χ1v) is 7.32. The molecule has 0 heterocycles. The van der Waals surface area contributed by atoms with Crippen molar-refractivity contribution < 1.29 is 19.1 Å². The average molecular weight is 308 g/mol. The molecule has 6 heteroatoms. The van der Waals surface area contributed by atoms with E-state index in [0.29, 0.717) is 12.4 Å². The van der Waals surface area contributed by atoms with Crippen LogP contribution in [-0.4, -0.2) is 31.8 Å². The molecular formula is C16H24N2O4. The standard InChI is InChI=1S/C16H24N2O4/c1-5-22-15(19)10-14(18-16(20)17-11(2)3)12-7-6-8-13(9-12)21-4/h6-9,11,14H,5,10H2,1-4H3,(H2,17,18,20)/t14-/m1/s1. The summed E-state index contributed by atoms with van der Waals surface area (Å²) in [6, 6.07) is 6.45. The van der Waals surface area contributed by atoms with Crippen LogP contribution >= 0.6 is 0 Å². The van der Waals surface area contributed by atoms with E-state index in [2.05, 4.69) is 10.6 Å². The van der Waals surface area contributed by atoms with Crippen molar-refractivity contribution in [1.29, 1.82) is 0 Å². The Hall–Kier alpha value is -2.24. The Labute approximate surface area is 131 Å². The molecule has 1 aromatic rings. The van der Waals surface area contributed by atoms with E-state index in [-0.39, 0.29) is 24.5 Å². The van der Waals surface area contributed by atoms with Gasteiger partial charge in [-0.05, 0) is 38.5 Å². The van der Waals surface area contributed by atoms with Gasteiger partial charge in [0.2, 0.25) is 0 Å². The highest BCUT2D eigenvalue weighted by Gasteiger charge is 2.20. The Morgan fingerprint density at radius 1 is 1.23 bits per heavy atom. The molecule has 122 valence electrons. The van der Waals surface area contributed by atoms with E-state index >= 15 is 0 Å². The van der Waals surface area contributed by atoms with E-state index in [4.69, 9.17) is 9.47 Å². The van der Waals surface area contributed by atoms with Crippen molar-refractivity contribution >= 4 is 12.0 Å². The van der Waals surface area contributed by atoms with Crippen molar-refractivity contribution in [2.24, 2.45) is 0 Å². The van der Waals surface area contributed by atoms with Gasteiger partial charge in [0, 0.05) is 6.04 Å². The Bertz CT molecular complexity index is 503. The molecule has 0 aliphatic carbocycles. The average Bonchev–Trinajstić information content (AvgIpc) is 2.46. The molecule has 22 heavy (non-hydrogen) atoms. The number of esters is 1. The van der Waals surface area contributed by atoms with Crippen molar-refractivity contribution in [2.45, 2.75) is 39.3 Å². The Morgan fingerprint density at radius 2 is 1.95 bits per heavy atom. The number of hydrogen-bond acceptors (Lipinski definition) is 4. The number of amides is 2. The Balaban J connectivity index is 2.89. The quantitative estimate of drug-likeness (QED) is 0.758. The smallest absolute Gasteiger partial charge is 0.315 e. The summed E-state index contributed by atoms with van der Waals surface area (Å²) in [5.41, 5.74) is 0.784. The van der Waals surface area contributed by atoms with Gasteiger partial charge in [0.25, 0.3) is 0 Å². The number of methoxy groups -OCH3 is 1. The summed E-state index contributed by atoms with van der Waals surface area (Å²) >= 11 is 0. The predicted molar refractivity (Wildman–Crippen MR) is 83.8 cm³/mol. The van der Waals surface area contributed by atoms with Gasteiger partial charge >= 0.3 is 12.0 Å². The summed E-state index contributed by atoms with van der Waals surface area (Å²) in [5, 5.41) is 5.54. The summed E-state index contributed by atoms with van der Waals surface area (Å²) in [7, 11) is 1.57. The number of nitrogens with one attached hydrogen (secondary N) is 2. The summed E-state index contributed by atoms with van der Waals surface area (Å²) in [4.78, 5) is 23.7. The second-order valence-corrected chi connectivity index (χ2v) is 5.11. The van der Waals surface area contributed by atoms with Crippen LogP contribution in [0.4, 0.5) is 4.79 Å². The second-order valence-electron chi connectivity index (χ2n) is 5.11. The van der Waals surface area contributed by atoms with Gasteiger partial charge < -0.3 is 20.1 Å². The van der Waals surface area contributed by atoms with Crippen molar-refractivity contribution in [3.05, 3.63) is 29.8 Å². The Morgan fingerprint density at radius 3 is 2.55 bits per heavy atom. The third-order valence-electron chi connectivity index (χ3n) is 2.90. The van der Waals surface area contributed by atoms with E-state index in [1.165, 1.54) is 0 Å². The lowest BCUT2D eigenvalue weighted by Gasteiger charge is -2.20. The molecule has 0 fully saturated rings. The van der Waals surface area contributed by atoms with E-state index in [1.54, 1.807) is 26.2 Å². The summed E-state index contributed by atoms with van der Waals surface area (Å²) in [6.07, 6.45) is 0.0620. The van der Waals surface area contributed by atoms with E-state index < -0.39 is 6.04 Å². The van der Waals surface area contributed by atoms with Crippen LogP contribution in [0.15, 0.2) is 24.3 Å². The molecule has 2 amide bonds. The molecule has 0 bridgehead atoms. The molecule has 1 rings (SSSR count). The minimum atomic E-state index is -0.479. The van der Waals surface area contributed by atoms with Crippen molar-refractivity contribution in [1.82, 2.24) is 10.6 Å². The molecule has 0 aliphatic heterocycles. The number of hydrogen-bond donors (Lipinski definition) is 2. The molecule has 0 aliphatic rings. The molecule has 1 aromatic carbocycles. The summed E-state index contributed by atoms with van der Waals surface area (Å²) in [5.74, 6) is 0.303. The van der Waals surface area contributed by atoms with Crippen LogP contribution in [-0.2, 0) is 9.53 Å². The van der Waals surface area contributed by atoms with Crippen molar-refractivity contribution in [3.63, 3.8) is 0 Å². The Kier molecular flexibility index (Phi) is 7.22. The highest BCUT2D eigenvalue weighted by atomic mass is 16.5. The number of ether oxygens (including phenoxy) is 2. The van der Waals surface area contributed by atoms with Crippen molar-refractivity contribution in [3.8, 4) is 5.75 Å². The zero-order valence-electron chi connectivity index (χ0n) is 13.5. The van der Waals surface area contributed by atoms with Gasteiger partial charge in [-0.25, -0.2) is 4.79 Å². The number of carbonyl (C=O) groups excluding carboxylic acids is 2. The molecule has 0 aromatic heterocycles. The molecule has 2 N–H and O–H groups in total. The third-order valence-corrected chi connectivity index (χ3v) is 2.90. The number of rotatable bonds is 7. The third kappa shape index (κ3) is 6.03. The first kappa shape index (κ1) is 17.8. The molecular weight excluding hydrogens is 284 g/mol. The van der Waals surface area contributed by atoms with E-state index in [9.17, 15) is 9.59 Å². The molecule has 0 saturated carbocycles. The van der Waals surface area contributed by atoms with Gasteiger partial charge in [0.05, 0.1) is 26.2 Å². The summed E-state index contributed by atoms with van der Waals surface area (Å²) < 4.78 is 10.2. The number of carbonyl (C=O) groups is 2. The fraction of sp³-hybridized carbons (Fsp3) is 0.500. The topological polar surface area (TPSA) is 76.7 Å². The molecule has 6 nitrogen and oxygen atoms in total. The van der Waals surface area contributed by atoms with Gasteiger partial charge in [0.15, 0.2) is 0 Å². The number of urea groups is 1. The maximum Gasteiger partial charge on any atom is 0.315 e. The predicted octanol–water partition coefficient (Wildman–Crippen LogP) is 2.40. The fourth-order valence-electron chi connectivity index (χ4n) is 1.96. The largest absolute Gasteiger partial charge is 0.497 e. The van der Waals surface area contributed by atoms with Gasteiger partial charge in [-0.2, -0.15) is 0 Å². The monoisotopic (exact) mass is 308 g/mol. The van der Waals surface area contributed by atoms with E-state index in [1.807, 2.05) is 26.0 Å². The molecule has 0 saturated heterocycles. The lowest BCUT2D eigenvalue weighted by atomic mass is 10.0. The van der Waals surface area contributed by atoms with Crippen LogP contribution in [0.1, 0.15) is 38.8 Å². The fourth-order valence-corrected chi connectivity index (χ4v) is 1.96. The van der Waals surface area contributed by atoms with Crippen LogP contribution in [0, 0.1) is 0 Å². The van der Waals surface area contributed by atoms with Gasteiger partial charge in [0.1, 0.15) is 5.75 Å². The minimum Gasteiger partial charge on any atom is -0.497 e. The van der Waals surface area contributed by atoms with Crippen LogP contribution in [0.25, 0.3) is 0 Å².